The number of anilines is 1. The molecule has 0 bridgehead atoms. The lowest BCUT2D eigenvalue weighted by Crippen LogP contribution is -3.00. The van der Waals surface area contributed by atoms with E-state index in [4.69, 9.17) is 0 Å². The smallest absolute Gasteiger partial charge is 0.0907 e. The van der Waals surface area contributed by atoms with Gasteiger partial charge in [-0.1, -0.05) is 36.4 Å². The predicted octanol–water partition coefficient (Wildman–Crippen LogP) is 2.77. The molecule has 0 saturated carbocycles. The molecule has 0 aromatic heterocycles. The first kappa shape index (κ1) is 23.6. The van der Waals surface area contributed by atoms with Crippen LogP contribution in [0.5, 0.6) is 0 Å². The molecule has 2 aromatic carbocycles. The average Bonchev–Trinajstić information content (AvgIpc) is 3.18. The highest BCUT2D eigenvalue weighted by Crippen LogP contribution is 2.32. The molecule has 30 heavy (non-hydrogen) atoms. The molecule has 1 unspecified atom stereocenters. The van der Waals surface area contributed by atoms with Crippen LogP contribution in [0.2, 0.25) is 0 Å². The van der Waals surface area contributed by atoms with Gasteiger partial charge in [-0.25, -0.2) is 0 Å². The van der Waals surface area contributed by atoms with Gasteiger partial charge >= 0.3 is 0 Å². The first-order valence-corrected chi connectivity index (χ1v) is 11.9. The van der Waals surface area contributed by atoms with E-state index in [9.17, 15) is 0 Å². The van der Waals surface area contributed by atoms with Gasteiger partial charge in [0, 0.05) is 24.7 Å². The number of rotatable bonds is 7. The highest BCUT2D eigenvalue weighted by molar-refractivity contribution is 5.51. The van der Waals surface area contributed by atoms with Gasteiger partial charge in [0.1, 0.15) is 0 Å². The second kappa shape index (κ2) is 10.5. The molecule has 1 atom stereocenters. The van der Waals surface area contributed by atoms with Gasteiger partial charge in [-0.15, -0.1) is 0 Å². The third kappa shape index (κ3) is 4.88. The Morgan fingerprint density at radius 1 is 0.933 bits per heavy atom. The minimum Gasteiger partial charge on any atom is -1.00 e. The van der Waals surface area contributed by atoms with Crippen molar-refractivity contribution in [2.24, 2.45) is 0 Å². The molecule has 1 saturated heterocycles. The number of quaternary nitrogens is 1. The van der Waals surface area contributed by atoms with Crippen molar-refractivity contribution in [1.29, 1.82) is 0 Å². The van der Waals surface area contributed by atoms with Crippen LogP contribution in [0.4, 0.5) is 5.69 Å². The van der Waals surface area contributed by atoms with Crippen LogP contribution in [0.25, 0.3) is 0 Å². The Hall–Kier alpha value is -1.07. The van der Waals surface area contributed by atoms with Crippen LogP contribution in [0.15, 0.2) is 48.5 Å². The van der Waals surface area contributed by atoms with Crippen molar-refractivity contribution in [2.75, 3.05) is 31.1 Å². The predicted molar refractivity (Wildman–Crippen MR) is 125 cm³/mol. The van der Waals surface area contributed by atoms with E-state index in [-0.39, 0.29) is 24.0 Å². The Morgan fingerprint density at radius 3 is 2.27 bits per heavy atom. The average molecular weight is 519 g/mol. The van der Waals surface area contributed by atoms with E-state index in [1.54, 1.807) is 11.1 Å². The molecule has 1 fully saturated rings. The summed E-state index contributed by atoms with van der Waals surface area (Å²) >= 11 is 0. The van der Waals surface area contributed by atoms with Gasteiger partial charge in [0.15, 0.2) is 0 Å². The van der Waals surface area contributed by atoms with Crippen molar-refractivity contribution in [3.8, 4) is 0 Å². The molecule has 164 valence electrons. The largest absolute Gasteiger partial charge is 1.00 e. The molecule has 3 heteroatoms. The monoisotopic (exact) mass is 518 g/mol. The SMILES string of the molecule is CC[N+]1(CC)CCCCC1CCN(c1cccc(C)c1)C1Cc2ccccc2C1.[I-]. The Balaban J connectivity index is 0.00000256. The van der Waals surface area contributed by atoms with Crippen LogP contribution in [0.1, 0.15) is 56.2 Å². The van der Waals surface area contributed by atoms with Crippen LogP contribution < -0.4 is 28.9 Å². The third-order valence-corrected chi connectivity index (χ3v) is 7.93. The number of fused-ring (bicyclic) bond motifs is 1. The second-order valence-electron chi connectivity index (χ2n) is 9.38. The van der Waals surface area contributed by atoms with Crippen molar-refractivity contribution < 1.29 is 28.5 Å². The number of hydrogen-bond donors (Lipinski definition) is 0. The molecule has 2 aromatic rings. The maximum Gasteiger partial charge on any atom is 0.0907 e. The van der Waals surface area contributed by atoms with E-state index in [2.05, 4.69) is 74.2 Å². The van der Waals surface area contributed by atoms with Gasteiger partial charge in [0.25, 0.3) is 0 Å². The molecule has 0 amide bonds. The Labute approximate surface area is 201 Å². The molecule has 1 aliphatic carbocycles. The third-order valence-electron chi connectivity index (χ3n) is 7.93. The number of nitrogens with zero attached hydrogens (tertiary/aromatic N) is 2. The van der Waals surface area contributed by atoms with Gasteiger partial charge < -0.3 is 33.4 Å². The summed E-state index contributed by atoms with van der Waals surface area (Å²) in [6.45, 7) is 12.2. The molecule has 2 nitrogen and oxygen atoms in total. The summed E-state index contributed by atoms with van der Waals surface area (Å²) in [6.07, 6.45) is 7.95. The van der Waals surface area contributed by atoms with E-state index in [0.717, 1.165) is 6.04 Å². The van der Waals surface area contributed by atoms with Gasteiger partial charge in [-0.05, 0) is 81.7 Å². The number of likely N-dealkylation sites (tertiary alicyclic amines) is 1. The Bertz CT molecular complexity index is 789. The lowest BCUT2D eigenvalue weighted by atomic mass is 9.94. The zero-order valence-corrected chi connectivity index (χ0v) is 21.3. The maximum absolute atomic E-state index is 2.75. The van der Waals surface area contributed by atoms with Crippen molar-refractivity contribution >= 4 is 5.69 Å². The summed E-state index contributed by atoms with van der Waals surface area (Å²) in [4.78, 5) is 2.75. The van der Waals surface area contributed by atoms with Crippen LogP contribution >= 0.6 is 0 Å². The van der Waals surface area contributed by atoms with Gasteiger partial charge in [-0.2, -0.15) is 0 Å². The standard InChI is InChI=1S/C27H39N2.HI/c1-4-29(5-2)18-9-8-15-27(29)16-17-28(25-14-10-11-22(3)19-25)26-20-23-12-6-7-13-24(23)21-26;/h6-7,10-14,19,26-27H,4-5,8-9,15-18,20-21H2,1-3H3;1H/q+1;/p-1. The van der Waals surface area contributed by atoms with Crippen molar-refractivity contribution in [1.82, 2.24) is 0 Å². The summed E-state index contributed by atoms with van der Waals surface area (Å²) < 4.78 is 1.34. The fourth-order valence-electron chi connectivity index (χ4n) is 6.11. The van der Waals surface area contributed by atoms with E-state index < -0.39 is 0 Å². The molecule has 4 rings (SSSR count). The minimum absolute atomic E-state index is 0. The first-order valence-electron chi connectivity index (χ1n) is 11.9. The summed E-state index contributed by atoms with van der Waals surface area (Å²) in [6, 6.07) is 19.7. The number of halogens is 1. The highest BCUT2D eigenvalue weighted by Gasteiger charge is 2.37. The van der Waals surface area contributed by atoms with Crippen molar-refractivity contribution in [3.05, 3.63) is 65.2 Å². The number of benzene rings is 2. The van der Waals surface area contributed by atoms with Crippen LogP contribution in [-0.2, 0) is 12.8 Å². The molecular weight excluding hydrogens is 479 g/mol. The van der Waals surface area contributed by atoms with E-state index in [1.807, 2.05) is 0 Å². The summed E-state index contributed by atoms with van der Waals surface area (Å²) in [5.41, 5.74) is 5.90. The fourth-order valence-corrected chi connectivity index (χ4v) is 6.11. The van der Waals surface area contributed by atoms with Crippen LogP contribution in [0, 0.1) is 6.92 Å². The molecule has 2 aliphatic rings. The van der Waals surface area contributed by atoms with Gasteiger partial charge in [0.2, 0.25) is 0 Å². The lowest BCUT2D eigenvalue weighted by molar-refractivity contribution is -0.953. The zero-order valence-electron chi connectivity index (χ0n) is 19.1. The van der Waals surface area contributed by atoms with Crippen molar-refractivity contribution in [2.45, 2.75) is 71.4 Å². The highest BCUT2D eigenvalue weighted by atomic mass is 127. The van der Waals surface area contributed by atoms with E-state index in [1.165, 1.54) is 80.4 Å². The Morgan fingerprint density at radius 2 is 1.63 bits per heavy atom. The zero-order chi connectivity index (χ0) is 20.3. The molecule has 0 spiro atoms. The molecule has 0 radical (unpaired) electrons. The molecule has 1 aliphatic heterocycles. The molecular formula is C27H39IN2. The minimum atomic E-state index is 0. The summed E-state index contributed by atoms with van der Waals surface area (Å²) in [7, 11) is 0. The molecule has 0 N–H and O–H groups in total. The number of hydrogen-bond acceptors (Lipinski definition) is 1. The van der Waals surface area contributed by atoms with E-state index in [0.29, 0.717) is 6.04 Å². The number of piperidine rings is 1. The van der Waals surface area contributed by atoms with E-state index >= 15 is 0 Å². The topological polar surface area (TPSA) is 3.24 Å². The van der Waals surface area contributed by atoms with Crippen LogP contribution in [-0.4, -0.2) is 42.7 Å². The van der Waals surface area contributed by atoms with Gasteiger partial charge in [-0.3, -0.25) is 0 Å². The van der Waals surface area contributed by atoms with Crippen LogP contribution in [0.3, 0.4) is 0 Å². The molecule has 1 heterocycles. The Kier molecular flexibility index (Phi) is 8.25. The van der Waals surface area contributed by atoms with Crippen molar-refractivity contribution in [3.63, 3.8) is 0 Å². The fraction of sp³-hybridized carbons (Fsp3) is 0.556. The quantitative estimate of drug-likeness (QED) is 0.403. The maximum atomic E-state index is 2.75. The normalized spacial score (nSPS) is 20.4. The summed E-state index contributed by atoms with van der Waals surface area (Å²) in [5, 5.41) is 0. The second-order valence-corrected chi connectivity index (χ2v) is 9.38. The summed E-state index contributed by atoms with van der Waals surface area (Å²) in [5.74, 6) is 0. The van der Waals surface area contributed by atoms with Gasteiger partial charge in [0.05, 0.1) is 25.7 Å². The lowest BCUT2D eigenvalue weighted by Gasteiger charge is -2.47. The number of aryl methyl sites for hydroxylation is 1. The first-order chi connectivity index (χ1) is 14.1.